The van der Waals surface area contributed by atoms with Crippen LogP contribution in [0.3, 0.4) is 0 Å². The lowest BCUT2D eigenvalue weighted by atomic mass is 9.93. The number of hydrogen-bond acceptors (Lipinski definition) is 5. The maximum atomic E-state index is 12.7. The van der Waals surface area contributed by atoms with Gasteiger partial charge in [0.05, 0.1) is 0 Å². The van der Waals surface area contributed by atoms with E-state index in [0.717, 1.165) is 35.7 Å². The van der Waals surface area contributed by atoms with E-state index in [9.17, 15) is 4.79 Å². The minimum Gasteiger partial charge on any atom is -0.341 e. The fraction of sp³-hybridized carbons (Fsp3) is 0.286. The molecule has 1 aliphatic rings. The monoisotopic (exact) mass is 376 g/mol. The van der Waals surface area contributed by atoms with Crippen LogP contribution in [0.25, 0.3) is 0 Å². The third kappa shape index (κ3) is 4.04. The van der Waals surface area contributed by atoms with Crippen molar-refractivity contribution in [2.75, 3.05) is 18.4 Å². The van der Waals surface area contributed by atoms with Gasteiger partial charge in [-0.2, -0.15) is 5.10 Å². The van der Waals surface area contributed by atoms with Gasteiger partial charge in [0.25, 0.3) is 0 Å². The molecule has 28 heavy (non-hydrogen) atoms. The molecule has 4 N–H and O–H groups in total. The predicted octanol–water partition coefficient (Wildman–Crippen LogP) is 2.95. The number of hydrogen-bond donors (Lipinski definition) is 3. The Hall–Kier alpha value is -3.19. The predicted molar refractivity (Wildman–Crippen MR) is 108 cm³/mol. The summed E-state index contributed by atoms with van der Waals surface area (Å²) in [5.74, 6) is 1.85. The van der Waals surface area contributed by atoms with Gasteiger partial charge < -0.3 is 16.0 Å². The quantitative estimate of drug-likeness (QED) is 0.636. The van der Waals surface area contributed by atoms with E-state index < -0.39 is 6.04 Å². The maximum Gasteiger partial charge on any atom is 0.244 e. The van der Waals surface area contributed by atoms with Crippen molar-refractivity contribution in [3.05, 3.63) is 72.1 Å². The smallest absolute Gasteiger partial charge is 0.244 e. The summed E-state index contributed by atoms with van der Waals surface area (Å²) in [7, 11) is 0. The number of nitrogens with one attached hydrogen (secondary N) is 2. The van der Waals surface area contributed by atoms with Crippen molar-refractivity contribution < 1.29 is 4.79 Å². The van der Waals surface area contributed by atoms with Crippen molar-refractivity contribution in [1.82, 2.24) is 20.1 Å². The Morgan fingerprint density at radius 2 is 1.86 bits per heavy atom. The molecule has 144 valence electrons. The zero-order valence-corrected chi connectivity index (χ0v) is 15.6. The number of aromatic amines is 1. The number of amides is 1. The first-order valence-corrected chi connectivity index (χ1v) is 9.53. The number of nitrogens with two attached hydrogens (primary N) is 1. The first-order valence-electron chi connectivity index (χ1n) is 9.53. The van der Waals surface area contributed by atoms with Crippen LogP contribution in [0.15, 0.2) is 60.8 Å². The van der Waals surface area contributed by atoms with Gasteiger partial charge in [-0.1, -0.05) is 36.4 Å². The van der Waals surface area contributed by atoms with Crippen molar-refractivity contribution >= 4 is 17.5 Å². The number of H-pyrrole nitrogens is 1. The van der Waals surface area contributed by atoms with Gasteiger partial charge in [0.1, 0.15) is 11.9 Å². The largest absolute Gasteiger partial charge is 0.341 e. The van der Waals surface area contributed by atoms with E-state index in [-0.39, 0.29) is 5.91 Å². The molecule has 0 radical (unpaired) electrons. The second-order valence-corrected chi connectivity index (χ2v) is 7.04. The van der Waals surface area contributed by atoms with Gasteiger partial charge in [-0.15, -0.1) is 0 Å². The van der Waals surface area contributed by atoms with Gasteiger partial charge in [0, 0.05) is 37.0 Å². The molecule has 7 nitrogen and oxygen atoms in total. The zero-order valence-electron chi connectivity index (χ0n) is 15.6. The summed E-state index contributed by atoms with van der Waals surface area (Å²) in [5.41, 5.74) is 8.11. The summed E-state index contributed by atoms with van der Waals surface area (Å²) in [4.78, 5) is 18.8. The number of carbonyl (C=O) groups is 1. The highest BCUT2D eigenvalue weighted by Gasteiger charge is 2.28. The average molecular weight is 376 g/mol. The maximum absolute atomic E-state index is 12.7. The molecule has 4 rings (SSSR count). The van der Waals surface area contributed by atoms with Gasteiger partial charge in [-0.25, -0.2) is 4.98 Å². The van der Waals surface area contributed by atoms with Crippen LogP contribution in [-0.4, -0.2) is 39.1 Å². The van der Waals surface area contributed by atoms with Crippen molar-refractivity contribution in [3.8, 4) is 0 Å². The summed E-state index contributed by atoms with van der Waals surface area (Å²) in [6, 6.07) is 16.7. The third-order valence-electron chi connectivity index (χ3n) is 5.19. The first-order chi connectivity index (χ1) is 13.7. The second kappa shape index (κ2) is 8.22. The highest BCUT2D eigenvalue weighted by molar-refractivity contribution is 5.83. The Labute approximate surface area is 164 Å². The van der Waals surface area contributed by atoms with Crippen LogP contribution in [0.2, 0.25) is 0 Å². The second-order valence-electron chi connectivity index (χ2n) is 7.04. The molecule has 3 heterocycles. The molecule has 1 aromatic carbocycles. The molecule has 1 atom stereocenters. The number of likely N-dealkylation sites (tertiary alicyclic amines) is 1. The van der Waals surface area contributed by atoms with E-state index in [1.54, 1.807) is 6.20 Å². The number of nitrogens with zero attached hydrogens (tertiary/aromatic N) is 3. The summed E-state index contributed by atoms with van der Waals surface area (Å²) in [5, 5.41) is 10.6. The fourth-order valence-electron chi connectivity index (χ4n) is 3.59. The van der Waals surface area contributed by atoms with Crippen LogP contribution in [0, 0.1) is 0 Å². The molecule has 1 saturated heterocycles. The molecule has 7 heteroatoms. The van der Waals surface area contributed by atoms with Gasteiger partial charge in [0.15, 0.2) is 5.82 Å². The van der Waals surface area contributed by atoms with Crippen LogP contribution in [-0.2, 0) is 4.79 Å². The lowest BCUT2D eigenvalue weighted by Crippen LogP contribution is -2.43. The third-order valence-corrected chi connectivity index (χ3v) is 5.19. The van der Waals surface area contributed by atoms with E-state index in [2.05, 4.69) is 20.5 Å². The van der Waals surface area contributed by atoms with Crippen molar-refractivity contribution in [2.24, 2.45) is 5.73 Å². The molecule has 0 aliphatic carbocycles. The number of piperidine rings is 1. The molecule has 0 bridgehead atoms. The average Bonchev–Trinajstić information content (AvgIpc) is 3.22. The zero-order chi connectivity index (χ0) is 19.3. The van der Waals surface area contributed by atoms with E-state index in [4.69, 9.17) is 5.73 Å². The number of pyridine rings is 1. The van der Waals surface area contributed by atoms with E-state index in [1.165, 1.54) is 0 Å². The Morgan fingerprint density at radius 1 is 1.11 bits per heavy atom. The molecule has 1 amide bonds. The Balaban J connectivity index is 1.33. The molecule has 0 spiro atoms. The molecule has 1 fully saturated rings. The number of anilines is 2. The lowest BCUT2D eigenvalue weighted by Gasteiger charge is -2.33. The minimum absolute atomic E-state index is 0.00762. The highest BCUT2D eigenvalue weighted by Crippen LogP contribution is 2.29. The topological polar surface area (TPSA) is 99.9 Å². The first kappa shape index (κ1) is 18.2. The fourth-order valence-corrected chi connectivity index (χ4v) is 3.59. The van der Waals surface area contributed by atoms with Gasteiger partial charge in [-0.05, 0) is 30.5 Å². The van der Waals surface area contributed by atoms with E-state index in [0.29, 0.717) is 19.0 Å². The van der Waals surface area contributed by atoms with Crippen LogP contribution in [0.5, 0.6) is 0 Å². The number of carbonyl (C=O) groups excluding carboxylic acids is 1. The molecule has 1 aliphatic heterocycles. The SMILES string of the molecule is N[C@H](C(=O)N1CCC(c2cc(Nc3ccccn3)n[nH]2)CC1)c1ccccc1. The van der Waals surface area contributed by atoms with Crippen molar-refractivity contribution in [3.63, 3.8) is 0 Å². The molecular formula is C21H24N6O. The summed E-state index contributed by atoms with van der Waals surface area (Å²) in [6.07, 6.45) is 3.51. The van der Waals surface area contributed by atoms with E-state index in [1.807, 2.05) is 59.5 Å². The summed E-state index contributed by atoms with van der Waals surface area (Å²) >= 11 is 0. The Kier molecular flexibility index (Phi) is 5.34. The molecule has 0 unspecified atom stereocenters. The van der Waals surface area contributed by atoms with Gasteiger partial charge in [-0.3, -0.25) is 9.89 Å². The molecule has 2 aromatic heterocycles. The normalized spacial score (nSPS) is 16.0. The highest BCUT2D eigenvalue weighted by atomic mass is 16.2. The van der Waals surface area contributed by atoms with Crippen LogP contribution >= 0.6 is 0 Å². The summed E-state index contributed by atoms with van der Waals surface area (Å²) < 4.78 is 0. The number of benzene rings is 1. The Morgan fingerprint density at radius 3 is 2.57 bits per heavy atom. The van der Waals surface area contributed by atoms with Crippen molar-refractivity contribution in [1.29, 1.82) is 0 Å². The number of rotatable bonds is 5. The Bertz CT molecular complexity index is 903. The van der Waals surface area contributed by atoms with Crippen LogP contribution in [0.1, 0.15) is 36.1 Å². The standard InChI is InChI=1S/C21H24N6O/c22-20(16-6-2-1-3-7-16)21(28)27-12-9-15(10-13-27)17-14-19(26-25-17)24-18-8-4-5-11-23-18/h1-8,11,14-15,20H,9-10,12-13,22H2,(H2,23,24,25,26)/t20-/m0/s1. The lowest BCUT2D eigenvalue weighted by molar-refractivity contribution is -0.133. The van der Waals surface area contributed by atoms with Gasteiger partial charge >= 0.3 is 0 Å². The van der Waals surface area contributed by atoms with E-state index >= 15 is 0 Å². The molecule has 3 aromatic rings. The molecular weight excluding hydrogens is 352 g/mol. The van der Waals surface area contributed by atoms with Crippen LogP contribution in [0.4, 0.5) is 11.6 Å². The number of aromatic nitrogens is 3. The van der Waals surface area contributed by atoms with Gasteiger partial charge in [0.2, 0.25) is 5.91 Å². The van der Waals surface area contributed by atoms with Crippen molar-refractivity contribution in [2.45, 2.75) is 24.8 Å². The minimum atomic E-state index is -0.598. The molecule has 0 saturated carbocycles. The summed E-state index contributed by atoms with van der Waals surface area (Å²) in [6.45, 7) is 1.40. The van der Waals surface area contributed by atoms with Crippen LogP contribution < -0.4 is 11.1 Å².